The van der Waals surface area contributed by atoms with Crippen molar-refractivity contribution in [3.63, 3.8) is 0 Å². The molecule has 0 saturated carbocycles. The van der Waals surface area contributed by atoms with E-state index in [1.165, 1.54) is 0 Å². The normalized spacial score (nSPS) is 0. The summed E-state index contributed by atoms with van der Waals surface area (Å²) in [5.41, 5.74) is 0. The molecule has 0 rings (SSSR count). The van der Waals surface area contributed by atoms with Gasteiger partial charge in [-0.2, -0.15) is 0 Å². The van der Waals surface area contributed by atoms with E-state index in [9.17, 15) is 0 Å². The smallest absolute Gasteiger partial charge is 0.870 e. The van der Waals surface area contributed by atoms with Crippen molar-refractivity contribution in [3.8, 4) is 0 Å². The van der Waals surface area contributed by atoms with Gasteiger partial charge in [-0.25, -0.2) is 0 Å². The van der Waals surface area contributed by atoms with Crippen LogP contribution in [0.4, 0.5) is 0 Å². The van der Waals surface area contributed by atoms with Crippen LogP contribution in [-0.2, 0) is 21.1 Å². The summed E-state index contributed by atoms with van der Waals surface area (Å²) in [5.74, 6) is 0. The summed E-state index contributed by atoms with van der Waals surface area (Å²) in [7, 11) is 0. The first-order valence-corrected chi connectivity index (χ1v) is 0. The topological polar surface area (TPSA) is 123 Å². The first kappa shape index (κ1) is 112. The van der Waals surface area contributed by atoms with Crippen molar-refractivity contribution in [1.82, 2.24) is 0 Å². The largest absolute Gasteiger partial charge is 2.00 e. The van der Waals surface area contributed by atoms with Crippen LogP contribution >= 0.6 is 0 Å². The van der Waals surface area contributed by atoms with Gasteiger partial charge in [-0.15, -0.1) is 0 Å². The molecule has 0 aromatic carbocycles. The molecule has 0 aliphatic carbocycles. The van der Waals surface area contributed by atoms with Gasteiger partial charge in [0.1, 0.15) is 0 Å². The molecule has 0 aromatic heterocycles. The van der Waals surface area contributed by atoms with Crippen molar-refractivity contribution in [1.29, 1.82) is 0 Å². The van der Waals surface area contributed by atoms with E-state index in [0.29, 0.717) is 0 Å². The molecular formula is H6CaMoO4. The van der Waals surface area contributed by atoms with Crippen LogP contribution in [0.5, 0.6) is 0 Å². The van der Waals surface area contributed by atoms with Gasteiger partial charge in [-0.05, 0) is 0 Å². The first-order valence-electron chi connectivity index (χ1n) is 0. The number of hydrogen-bond donors (Lipinski definition) is 0. The average Bonchev–Trinajstić information content (AvgIpc) is 0. The van der Waals surface area contributed by atoms with Crippen LogP contribution in [0.25, 0.3) is 0 Å². The minimum absolute atomic E-state index is 0. The van der Waals surface area contributed by atoms with Crippen molar-refractivity contribution in [2.75, 3.05) is 0 Å². The maximum atomic E-state index is 0. The Labute approximate surface area is 79.8 Å². The molecule has 0 unspecified atom stereocenters. The second-order valence-electron chi connectivity index (χ2n) is 0. The van der Waals surface area contributed by atoms with Gasteiger partial charge < -0.3 is 21.9 Å². The summed E-state index contributed by atoms with van der Waals surface area (Å²) in [6.07, 6.45) is 0. The molecule has 0 aliphatic heterocycles. The van der Waals surface area contributed by atoms with Gasteiger partial charge in [0.05, 0.1) is 0 Å². The van der Waals surface area contributed by atoms with E-state index in [0.717, 1.165) is 0 Å². The van der Waals surface area contributed by atoms with E-state index >= 15 is 0 Å². The Bertz CT molecular complexity index is 7.51. The molecule has 0 fully saturated rings. The van der Waals surface area contributed by atoms with Crippen LogP contribution in [0.3, 0.4) is 0 Å². The summed E-state index contributed by atoms with van der Waals surface area (Å²) in [6, 6.07) is 0. The second kappa shape index (κ2) is 71.1. The Kier molecular flexibility index (Phi) is 1330. The molecule has 0 saturated heterocycles. The third-order valence-electron chi connectivity index (χ3n) is 0. The van der Waals surface area contributed by atoms with E-state index in [1.807, 2.05) is 0 Å². The second-order valence-corrected chi connectivity index (χ2v) is 0. The fourth-order valence-corrected chi connectivity index (χ4v) is 0. The zero-order valence-electron chi connectivity index (χ0n) is 3.01. The summed E-state index contributed by atoms with van der Waals surface area (Å²) >= 11 is 0. The third kappa shape index (κ3) is 41.5. The SMILES string of the molecule is O.O.[Ca+2].[Mo].[OH-].[OH-]. The standard InChI is InChI=1S/Ca.Mo.4H2O/h;;4*1H2/q+2;;;;;/p-2. The third-order valence-corrected chi connectivity index (χ3v) is 0. The van der Waals surface area contributed by atoms with Gasteiger partial charge in [-0.3, -0.25) is 0 Å². The Balaban J connectivity index is 0. The summed E-state index contributed by atoms with van der Waals surface area (Å²) in [5, 5.41) is 0. The number of rotatable bonds is 0. The van der Waals surface area contributed by atoms with Crippen LogP contribution in [0.1, 0.15) is 0 Å². The Hall–Kier alpha value is 1.79. The Morgan fingerprint density at radius 3 is 0.667 bits per heavy atom. The van der Waals surface area contributed by atoms with Gasteiger partial charge >= 0.3 is 37.7 Å². The average molecular weight is 206 g/mol. The molecule has 0 spiro atoms. The predicted octanol–water partition coefficient (Wildman–Crippen LogP) is -2.39. The van der Waals surface area contributed by atoms with Gasteiger partial charge in [0.2, 0.25) is 0 Å². The van der Waals surface area contributed by atoms with Gasteiger partial charge in [0, 0.05) is 21.1 Å². The zero-order chi connectivity index (χ0) is 0. The van der Waals surface area contributed by atoms with Crippen molar-refractivity contribution in [2.45, 2.75) is 0 Å². The van der Waals surface area contributed by atoms with Crippen molar-refractivity contribution >= 4 is 37.7 Å². The Morgan fingerprint density at radius 2 is 0.667 bits per heavy atom. The van der Waals surface area contributed by atoms with Crippen molar-refractivity contribution in [2.24, 2.45) is 0 Å². The molecule has 0 aliphatic rings. The zero-order valence-corrected chi connectivity index (χ0v) is 7.23. The van der Waals surface area contributed by atoms with E-state index in [4.69, 9.17) is 0 Å². The molecule has 38 valence electrons. The molecule has 0 radical (unpaired) electrons. The summed E-state index contributed by atoms with van der Waals surface area (Å²) in [4.78, 5) is 0. The molecular weight excluding hydrogens is 200 g/mol. The van der Waals surface area contributed by atoms with Crippen LogP contribution in [0, 0.1) is 0 Å². The minimum Gasteiger partial charge on any atom is -0.870 e. The maximum absolute atomic E-state index is 0. The van der Waals surface area contributed by atoms with Crippen LogP contribution in [0.2, 0.25) is 0 Å². The molecule has 0 heterocycles. The van der Waals surface area contributed by atoms with Crippen molar-refractivity contribution < 1.29 is 43.0 Å². The van der Waals surface area contributed by atoms with Crippen LogP contribution in [-0.4, -0.2) is 59.6 Å². The number of hydrogen-bond acceptors (Lipinski definition) is 2. The molecule has 4 nitrogen and oxygen atoms in total. The fraction of sp³-hybridized carbons (Fsp3) is 0. The minimum atomic E-state index is 0. The quantitative estimate of drug-likeness (QED) is 0.410. The van der Waals surface area contributed by atoms with Crippen molar-refractivity contribution in [3.05, 3.63) is 0 Å². The Morgan fingerprint density at radius 1 is 0.667 bits per heavy atom. The molecule has 6 heteroatoms. The van der Waals surface area contributed by atoms with Gasteiger partial charge in [-0.1, -0.05) is 0 Å². The molecule has 6 N–H and O–H groups in total. The molecule has 6 heavy (non-hydrogen) atoms. The van der Waals surface area contributed by atoms with Crippen LogP contribution < -0.4 is 0 Å². The molecule has 0 atom stereocenters. The predicted molar refractivity (Wildman–Crippen MR) is 16.9 cm³/mol. The summed E-state index contributed by atoms with van der Waals surface area (Å²) in [6.45, 7) is 0. The maximum Gasteiger partial charge on any atom is 2.00 e. The van der Waals surface area contributed by atoms with E-state index in [1.54, 1.807) is 0 Å². The van der Waals surface area contributed by atoms with Gasteiger partial charge in [0.15, 0.2) is 0 Å². The monoisotopic (exact) mass is 208 g/mol. The fourth-order valence-electron chi connectivity index (χ4n) is 0. The molecule has 0 aromatic rings. The first-order chi connectivity index (χ1) is 0. The van der Waals surface area contributed by atoms with Gasteiger partial charge in [0.25, 0.3) is 0 Å². The summed E-state index contributed by atoms with van der Waals surface area (Å²) < 4.78 is 0. The van der Waals surface area contributed by atoms with E-state index < -0.39 is 0 Å². The van der Waals surface area contributed by atoms with Crippen LogP contribution in [0.15, 0.2) is 0 Å². The molecule has 0 bridgehead atoms. The van der Waals surface area contributed by atoms with E-state index in [2.05, 4.69) is 0 Å². The molecule has 0 amide bonds. The van der Waals surface area contributed by atoms with E-state index in [-0.39, 0.29) is 80.7 Å².